The van der Waals surface area contributed by atoms with E-state index in [0.717, 1.165) is 30.6 Å². The van der Waals surface area contributed by atoms with Crippen molar-refractivity contribution >= 4 is 17.5 Å². The van der Waals surface area contributed by atoms with Gasteiger partial charge < -0.3 is 15.4 Å². The van der Waals surface area contributed by atoms with Crippen molar-refractivity contribution in [3.8, 4) is 0 Å². The number of benzene rings is 1. The Morgan fingerprint density at radius 3 is 2.75 bits per heavy atom. The molecule has 1 unspecified atom stereocenters. The van der Waals surface area contributed by atoms with Gasteiger partial charge in [-0.25, -0.2) is 0 Å². The van der Waals surface area contributed by atoms with Crippen molar-refractivity contribution in [2.45, 2.75) is 32.8 Å². The van der Waals surface area contributed by atoms with Gasteiger partial charge in [0.25, 0.3) is 0 Å². The van der Waals surface area contributed by atoms with Crippen molar-refractivity contribution < 1.29 is 14.3 Å². The third-order valence-electron chi connectivity index (χ3n) is 3.35. The summed E-state index contributed by atoms with van der Waals surface area (Å²) in [6.07, 6.45) is 1.97. The summed E-state index contributed by atoms with van der Waals surface area (Å²) in [4.78, 5) is 23.5. The molecule has 1 aliphatic heterocycles. The van der Waals surface area contributed by atoms with E-state index in [-0.39, 0.29) is 6.10 Å². The number of ether oxygens (including phenoxy) is 1. The van der Waals surface area contributed by atoms with E-state index in [1.165, 1.54) is 0 Å². The first-order valence-electron chi connectivity index (χ1n) is 6.84. The molecule has 108 valence electrons. The summed E-state index contributed by atoms with van der Waals surface area (Å²) in [5, 5.41) is 5.22. The predicted octanol–water partition coefficient (Wildman–Crippen LogP) is 1.54. The van der Waals surface area contributed by atoms with Gasteiger partial charge in [-0.15, -0.1) is 0 Å². The first kappa shape index (κ1) is 14.5. The standard InChI is InChI=1S/C15H20N2O3/c1-10-5-6-13(11(2)8-10)17-15(19)14(18)16-9-12-4-3-7-20-12/h5-6,8,12H,3-4,7,9H2,1-2H3,(H,16,18)(H,17,19). The van der Waals surface area contributed by atoms with E-state index >= 15 is 0 Å². The fourth-order valence-electron chi connectivity index (χ4n) is 2.23. The Morgan fingerprint density at radius 1 is 1.30 bits per heavy atom. The summed E-state index contributed by atoms with van der Waals surface area (Å²) in [6.45, 7) is 4.99. The van der Waals surface area contributed by atoms with Crippen molar-refractivity contribution in [2.24, 2.45) is 0 Å². The van der Waals surface area contributed by atoms with Gasteiger partial charge in [0, 0.05) is 18.8 Å². The highest BCUT2D eigenvalue weighted by Gasteiger charge is 2.19. The third-order valence-corrected chi connectivity index (χ3v) is 3.35. The van der Waals surface area contributed by atoms with Crippen LogP contribution in [0.2, 0.25) is 0 Å². The van der Waals surface area contributed by atoms with Crippen molar-refractivity contribution in [3.05, 3.63) is 29.3 Å². The summed E-state index contributed by atoms with van der Waals surface area (Å²) in [7, 11) is 0. The van der Waals surface area contributed by atoms with Crippen LogP contribution in [0.3, 0.4) is 0 Å². The van der Waals surface area contributed by atoms with Crippen LogP contribution in [0.25, 0.3) is 0 Å². The van der Waals surface area contributed by atoms with E-state index in [0.29, 0.717) is 12.2 Å². The SMILES string of the molecule is Cc1ccc(NC(=O)C(=O)NCC2CCCO2)c(C)c1. The molecule has 1 aromatic rings. The van der Waals surface area contributed by atoms with Crippen molar-refractivity contribution in [2.75, 3.05) is 18.5 Å². The van der Waals surface area contributed by atoms with E-state index in [1.807, 2.05) is 26.0 Å². The molecule has 0 aromatic heterocycles. The van der Waals surface area contributed by atoms with Gasteiger partial charge in [-0.1, -0.05) is 17.7 Å². The summed E-state index contributed by atoms with van der Waals surface area (Å²) in [6, 6.07) is 5.66. The van der Waals surface area contributed by atoms with E-state index < -0.39 is 11.8 Å². The molecule has 1 atom stereocenters. The number of carbonyl (C=O) groups excluding carboxylic acids is 2. The molecule has 2 N–H and O–H groups in total. The third kappa shape index (κ3) is 3.81. The van der Waals surface area contributed by atoms with Crippen molar-refractivity contribution in [1.82, 2.24) is 5.32 Å². The predicted molar refractivity (Wildman–Crippen MR) is 76.5 cm³/mol. The number of carbonyl (C=O) groups is 2. The fraction of sp³-hybridized carbons (Fsp3) is 0.467. The molecular weight excluding hydrogens is 256 g/mol. The second-order valence-electron chi connectivity index (χ2n) is 5.12. The lowest BCUT2D eigenvalue weighted by molar-refractivity contribution is -0.136. The van der Waals surface area contributed by atoms with E-state index in [9.17, 15) is 9.59 Å². The Balaban J connectivity index is 1.85. The molecule has 5 heteroatoms. The van der Waals surface area contributed by atoms with Gasteiger partial charge in [0.2, 0.25) is 0 Å². The molecule has 5 nitrogen and oxygen atoms in total. The number of amides is 2. The number of hydrogen-bond acceptors (Lipinski definition) is 3. The largest absolute Gasteiger partial charge is 0.376 e. The maximum atomic E-state index is 11.8. The summed E-state index contributed by atoms with van der Waals surface area (Å²) < 4.78 is 5.39. The van der Waals surface area contributed by atoms with Crippen LogP contribution in [-0.2, 0) is 14.3 Å². The lowest BCUT2D eigenvalue weighted by atomic mass is 10.1. The molecular formula is C15H20N2O3. The van der Waals surface area contributed by atoms with Crippen LogP contribution in [0.5, 0.6) is 0 Å². The topological polar surface area (TPSA) is 67.4 Å². The molecule has 0 bridgehead atoms. The minimum atomic E-state index is -0.644. The van der Waals surface area contributed by atoms with Crippen LogP contribution >= 0.6 is 0 Å². The van der Waals surface area contributed by atoms with Gasteiger partial charge in [0.15, 0.2) is 0 Å². The van der Waals surface area contributed by atoms with Gasteiger partial charge in [-0.2, -0.15) is 0 Å². The second kappa shape index (κ2) is 6.52. The summed E-state index contributed by atoms with van der Waals surface area (Å²) in [5.41, 5.74) is 2.71. The highest BCUT2D eigenvalue weighted by molar-refractivity contribution is 6.39. The molecule has 1 heterocycles. The molecule has 0 radical (unpaired) electrons. The lowest BCUT2D eigenvalue weighted by Gasteiger charge is -2.12. The van der Waals surface area contributed by atoms with Gasteiger partial charge in [-0.3, -0.25) is 9.59 Å². The van der Waals surface area contributed by atoms with Gasteiger partial charge in [0.05, 0.1) is 6.10 Å². The van der Waals surface area contributed by atoms with Crippen LogP contribution < -0.4 is 10.6 Å². The number of anilines is 1. The molecule has 1 fully saturated rings. The van der Waals surface area contributed by atoms with Gasteiger partial charge in [0.1, 0.15) is 0 Å². The minimum Gasteiger partial charge on any atom is -0.376 e. The monoisotopic (exact) mass is 276 g/mol. The molecule has 0 spiro atoms. The van der Waals surface area contributed by atoms with Gasteiger partial charge >= 0.3 is 11.8 Å². The quantitative estimate of drug-likeness (QED) is 0.823. The summed E-state index contributed by atoms with van der Waals surface area (Å²) in [5.74, 6) is -1.27. The van der Waals surface area contributed by atoms with Crippen LogP contribution in [-0.4, -0.2) is 31.1 Å². The fourth-order valence-corrected chi connectivity index (χ4v) is 2.23. The average molecular weight is 276 g/mol. The van der Waals surface area contributed by atoms with E-state index in [1.54, 1.807) is 6.07 Å². The first-order chi connectivity index (χ1) is 9.56. The van der Waals surface area contributed by atoms with Crippen LogP contribution in [0, 0.1) is 13.8 Å². The van der Waals surface area contributed by atoms with Crippen LogP contribution in [0.1, 0.15) is 24.0 Å². The maximum Gasteiger partial charge on any atom is 0.313 e. The Hall–Kier alpha value is -1.88. The number of nitrogens with one attached hydrogen (secondary N) is 2. The molecule has 1 aliphatic rings. The number of aryl methyl sites for hydroxylation is 2. The van der Waals surface area contributed by atoms with E-state index in [2.05, 4.69) is 10.6 Å². The van der Waals surface area contributed by atoms with Crippen LogP contribution in [0.4, 0.5) is 5.69 Å². The molecule has 0 saturated carbocycles. The maximum absolute atomic E-state index is 11.8. The molecule has 1 saturated heterocycles. The Labute approximate surface area is 118 Å². The Kier molecular flexibility index (Phi) is 4.74. The Morgan fingerprint density at radius 2 is 2.10 bits per heavy atom. The first-order valence-corrected chi connectivity index (χ1v) is 6.84. The molecule has 2 rings (SSSR count). The normalized spacial score (nSPS) is 17.8. The molecule has 20 heavy (non-hydrogen) atoms. The highest BCUT2D eigenvalue weighted by Crippen LogP contribution is 2.15. The minimum absolute atomic E-state index is 0.0351. The zero-order valence-electron chi connectivity index (χ0n) is 11.9. The molecule has 0 aliphatic carbocycles. The van der Waals surface area contributed by atoms with Crippen molar-refractivity contribution in [1.29, 1.82) is 0 Å². The van der Waals surface area contributed by atoms with E-state index in [4.69, 9.17) is 4.74 Å². The Bertz CT molecular complexity index is 508. The highest BCUT2D eigenvalue weighted by atomic mass is 16.5. The average Bonchev–Trinajstić information content (AvgIpc) is 2.92. The number of rotatable bonds is 3. The lowest BCUT2D eigenvalue weighted by Crippen LogP contribution is -2.39. The number of hydrogen-bond donors (Lipinski definition) is 2. The molecule has 2 amide bonds. The van der Waals surface area contributed by atoms with Crippen LogP contribution in [0.15, 0.2) is 18.2 Å². The zero-order valence-corrected chi connectivity index (χ0v) is 11.9. The van der Waals surface area contributed by atoms with Crippen molar-refractivity contribution in [3.63, 3.8) is 0 Å². The smallest absolute Gasteiger partial charge is 0.313 e. The van der Waals surface area contributed by atoms with Gasteiger partial charge in [-0.05, 0) is 38.3 Å². The zero-order chi connectivity index (χ0) is 14.5. The molecule has 1 aromatic carbocycles. The second-order valence-corrected chi connectivity index (χ2v) is 5.12. The summed E-state index contributed by atoms with van der Waals surface area (Å²) >= 11 is 0.